The van der Waals surface area contributed by atoms with Gasteiger partial charge in [0, 0.05) is 17.5 Å². The van der Waals surface area contributed by atoms with Gasteiger partial charge in [-0.2, -0.15) is 0 Å². The van der Waals surface area contributed by atoms with Crippen molar-refractivity contribution in [3.63, 3.8) is 0 Å². The van der Waals surface area contributed by atoms with Crippen molar-refractivity contribution in [1.29, 1.82) is 0 Å². The highest BCUT2D eigenvalue weighted by atomic mass is 32.1. The maximum Gasteiger partial charge on any atom is 0.318 e. The number of rotatable bonds is 8. The zero-order chi connectivity index (χ0) is 18.2. The second-order valence-electron chi connectivity index (χ2n) is 5.48. The number of hydrogen-bond acceptors (Lipinski definition) is 3. The molecule has 0 aliphatic heterocycles. The molecule has 0 radical (unpaired) electrons. The lowest BCUT2D eigenvalue weighted by atomic mass is 10.3. The van der Waals surface area contributed by atoms with Crippen LogP contribution in [0.25, 0.3) is 0 Å². The number of hydrogen-bond donors (Lipinski definition) is 1. The quantitative estimate of drug-likeness (QED) is 0.712. The lowest BCUT2D eigenvalue weighted by Crippen LogP contribution is -2.45. The summed E-state index contributed by atoms with van der Waals surface area (Å²) >= 11 is 1.57. The molecule has 25 heavy (non-hydrogen) atoms. The summed E-state index contributed by atoms with van der Waals surface area (Å²) in [7, 11) is 0. The maximum atomic E-state index is 13.5. The fourth-order valence-electron chi connectivity index (χ4n) is 2.12. The van der Waals surface area contributed by atoms with Gasteiger partial charge in [-0.3, -0.25) is 0 Å². The summed E-state index contributed by atoms with van der Waals surface area (Å²) < 4.78 is 31.7. The minimum atomic E-state index is -0.774. The van der Waals surface area contributed by atoms with Crippen LogP contribution in [0.1, 0.15) is 11.8 Å². The van der Waals surface area contributed by atoms with Gasteiger partial charge in [-0.25, -0.2) is 13.6 Å². The Morgan fingerprint density at radius 2 is 2.24 bits per heavy atom. The van der Waals surface area contributed by atoms with E-state index >= 15 is 0 Å². The Bertz CT molecular complexity index is 707. The first-order valence-electron chi connectivity index (χ1n) is 7.76. The van der Waals surface area contributed by atoms with E-state index in [0.29, 0.717) is 13.1 Å². The Morgan fingerprint density at radius 1 is 1.44 bits per heavy atom. The van der Waals surface area contributed by atoms with E-state index < -0.39 is 11.6 Å². The number of amides is 2. The Morgan fingerprint density at radius 3 is 2.88 bits per heavy atom. The van der Waals surface area contributed by atoms with Gasteiger partial charge in [-0.1, -0.05) is 12.1 Å². The molecule has 4 nitrogen and oxygen atoms in total. The molecule has 1 N–H and O–H groups in total. The number of carbonyl (C=O) groups is 1. The van der Waals surface area contributed by atoms with Crippen molar-refractivity contribution in [3.05, 3.63) is 64.9 Å². The highest BCUT2D eigenvalue weighted by molar-refractivity contribution is 7.09. The summed E-state index contributed by atoms with van der Waals surface area (Å²) in [6, 6.07) is 6.37. The molecular weight excluding hydrogens is 346 g/mol. The average Bonchev–Trinajstić information content (AvgIpc) is 3.06. The van der Waals surface area contributed by atoms with Crippen molar-refractivity contribution in [2.75, 3.05) is 13.2 Å². The summed E-state index contributed by atoms with van der Waals surface area (Å²) in [6.45, 7) is 6.37. The van der Waals surface area contributed by atoms with Gasteiger partial charge < -0.3 is 15.0 Å². The third-order valence-corrected chi connectivity index (χ3v) is 4.18. The van der Waals surface area contributed by atoms with Crippen LogP contribution in [0, 0.1) is 11.6 Å². The fraction of sp³-hybridized carbons (Fsp3) is 0.278. The number of nitrogens with one attached hydrogen (secondary N) is 1. The van der Waals surface area contributed by atoms with E-state index in [4.69, 9.17) is 4.74 Å². The second-order valence-corrected chi connectivity index (χ2v) is 6.52. The number of halogens is 2. The topological polar surface area (TPSA) is 41.6 Å². The molecule has 1 unspecified atom stereocenters. The first-order valence-corrected chi connectivity index (χ1v) is 8.64. The maximum absolute atomic E-state index is 13.5. The van der Waals surface area contributed by atoms with E-state index in [1.165, 1.54) is 6.07 Å². The van der Waals surface area contributed by atoms with E-state index in [9.17, 15) is 13.6 Å². The molecule has 1 atom stereocenters. The predicted molar refractivity (Wildman–Crippen MR) is 94.8 cm³/mol. The van der Waals surface area contributed by atoms with Crippen molar-refractivity contribution >= 4 is 17.4 Å². The zero-order valence-electron chi connectivity index (χ0n) is 13.9. The standard InChI is InChI=1S/C18H20F2N2O2S/c1-3-8-22(11-15-5-4-9-25-15)18(23)21-13(2)12-24-17-7-6-14(19)10-16(17)20/h3-7,9-10,13H,1,8,11-12H2,2H3,(H,21,23). The Labute approximate surface area is 149 Å². The third kappa shape index (κ3) is 5.86. The van der Waals surface area contributed by atoms with Crippen molar-refractivity contribution in [3.8, 4) is 5.75 Å². The molecule has 2 rings (SSSR count). The van der Waals surface area contributed by atoms with Crippen LogP contribution in [-0.2, 0) is 6.54 Å². The van der Waals surface area contributed by atoms with Gasteiger partial charge in [0.05, 0.1) is 12.6 Å². The first-order chi connectivity index (χ1) is 12.0. The molecule has 0 saturated heterocycles. The van der Waals surface area contributed by atoms with Crippen LogP contribution in [0.2, 0.25) is 0 Å². The zero-order valence-corrected chi connectivity index (χ0v) is 14.7. The summed E-state index contributed by atoms with van der Waals surface area (Å²) in [5, 5.41) is 4.75. The monoisotopic (exact) mass is 366 g/mol. The summed E-state index contributed by atoms with van der Waals surface area (Å²) in [5.41, 5.74) is 0. The SMILES string of the molecule is C=CCN(Cc1cccs1)C(=O)NC(C)COc1ccc(F)cc1F. The lowest BCUT2D eigenvalue weighted by molar-refractivity contribution is 0.189. The molecule has 0 bridgehead atoms. The van der Waals surface area contributed by atoms with Crippen LogP contribution in [0.3, 0.4) is 0 Å². The van der Waals surface area contributed by atoms with E-state index in [0.717, 1.165) is 17.0 Å². The van der Waals surface area contributed by atoms with Gasteiger partial charge in [-0.15, -0.1) is 17.9 Å². The van der Waals surface area contributed by atoms with E-state index in [1.807, 2.05) is 17.5 Å². The molecule has 0 aliphatic rings. The average molecular weight is 366 g/mol. The van der Waals surface area contributed by atoms with Crippen LogP contribution < -0.4 is 10.1 Å². The molecule has 1 aromatic heterocycles. The molecule has 0 spiro atoms. The van der Waals surface area contributed by atoms with Crippen LogP contribution in [0.15, 0.2) is 48.4 Å². The van der Waals surface area contributed by atoms with Crippen molar-refractivity contribution in [1.82, 2.24) is 10.2 Å². The van der Waals surface area contributed by atoms with Crippen LogP contribution in [0.5, 0.6) is 5.75 Å². The molecule has 2 aromatic rings. The van der Waals surface area contributed by atoms with Crippen molar-refractivity contribution < 1.29 is 18.3 Å². The number of thiophene rings is 1. The minimum absolute atomic E-state index is 0.0518. The summed E-state index contributed by atoms with van der Waals surface area (Å²) in [5.74, 6) is -1.49. The number of ether oxygens (including phenoxy) is 1. The molecule has 1 aromatic carbocycles. The number of carbonyl (C=O) groups excluding carboxylic acids is 1. The summed E-state index contributed by atoms with van der Waals surface area (Å²) in [4.78, 5) is 15.1. The smallest absolute Gasteiger partial charge is 0.318 e. The molecule has 0 aliphatic carbocycles. The van der Waals surface area contributed by atoms with Gasteiger partial charge in [0.15, 0.2) is 11.6 Å². The van der Waals surface area contributed by atoms with Crippen LogP contribution >= 0.6 is 11.3 Å². The molecular formula is C18H20F2N2O2S. The minimum Gasteiger partial charge on any atom is -0.488 e. The first kappa shape index (κ1) is 18.9. The molecule has 1 heterocycles. The van der Waals surface area contributed by atoms with Gasteiger partial charge in [-0.05, 0) is 30.5 Å². The lowest BCUT2D eigenvalue weighted by Gasteiger charge is -2.24. The van der Waals surface area contributed by atoms with Crippen molar-refractivity contribution in [2.24, 2.45) is 0 Å². The van der Waals surface area contributed by atoms with E-state index in [-0.39, 0.29) is 24.4 Å². The Kier molecular flexibility index (Phi) is 6.94. The van der Waals surface area contributed by atoms with Gasteiger partial charge in [0.1, 0.15) is 12.4 Å². The normalized spacial score (nSPS) is 11.6. The molecule has 0 fully saturated rings. The predicted octanol–water partition coefficient (Wildman–Crippen LogP) is 4.19. The Hall–Kier alpha value is -2.41. The number of benzene rings is 1. The second kappa shape index (κ2) is 9.17. The number of nitrogens with zero attached hydrogens (tertiary/aromatic N) is 1. The summed E-state index contributed by atoms with van der Waals surface area (Å²) in [6.07, 6.45) is 1.66. The van der Waals surface area contributed by atoms with Crippen molar-refractivity contribution in [2.45, 2.75) is 19.5 Å². The Balaban J connectivity index is 1.87. The molecule has 7 heteroatoms. The fourth-order valence-corrected chi connectivity index (χ4v) is 2.84. The third-order valence-electron chi connectivity index (χ3n) is 3.32. The highest BCUT2D eigenvalue weighted by Crippen LogP contribution is 2.17. The molecule has 0 saturated carbocycles. The highest BCUT2D eigenvalue weighted by Gasteiger charge is 2.16. The van der Waals surface area contributed by atoms with Crippen LogP contribution in [-0.4, -0.2) is 30.1 Å². The van der Waals surface area contributed by atoms with Crippen LogP contribution in [0.4, 0.5) is 13.6 Å². The van der Waals surface area contributed by atoms with Gasteiger partial charge in [0.25, 0.3) is 0 Å². The van der Waals surface area contributed by atoms with E-state index in [1.54, 1.807) is 29.2 Å². The molecule has 2 amide bonds. The van der Waals surface area contributed by atoms with E-state index in [2.05, 4.69) is 11.9 Å². The van der Waals surface area contributed by atoms with Gasteiger partial charge in [0.2, 0.25) is 0 Å². The largest absolute Gasteiger partial charge is 0.488 e. The van der Waals surface area contributed by atoms with Gasteiger partial charge >= 0.3 is 6.03 Å². The molecule has 134 valence electrons. The number of urea groups is 1.